The highest BCUT2D eigenvalue weighted by Gasteiger charge is 2.47. The number of ether oxygens (including phenoxy) is 1. The second-order valence-electron chi connectivity index (χ2n) is 5.53. The third-order valence-electron chi connectivity index (χ3n) is 4.23. The fraction of sp³-hybridized carbons (Fsp3) is 0.263. The number of rotatable bonds is 4. The zero-order chi connectivity index (χ0) is 15.5. The molecule has 3 heteroatoms. The fourth-order valence-corrected chi connectivity index (χ4v) is 3.11. The van der Waals surface area contributed by atoms with Crippen LogP contribution in [0, 0.1) is 5.92 Å². The van der Waals surface area contributed by atoms with E-state index in [1.165, 1.54) is 0 Å². The molecule has 1 saturated heterocycles. The SMILES string of the molecule is CCC(c1ccccc1)C1C(=O)OC(c2ccccc2)C1=O. The molecule has 3 rings (SSSR count). The first-order valence-electron chi connectivity index (χ1n) is 7.56. The fourth-order valence-electron chi connectivity index (χ4n) is 3.11. The van der Waals surface area contributed by atoms with Gasteiger partial charge in [0.25, 0.3) is 0 Å². The molecule has 1 fully saturated rings. The number of benzene rings is 2. The summed E-state index contributed by atoms with van der Waals surface area (Å²) in [5.41, 5.74) is 1.75. The van der Waals surface area contributed by atoms with Crippen LogP contribution in [-0.2, 0) is 14.3 Å². The molecule has 1 heterocycles. The molecule has 0 aliphatic carbocycles. The summed E-state index contributed by atoms with van der Waals surface area (Å²) >= 11 is 0. The van der Waals surface area contributed by atoms with Gasteiger partial charge in [-0.1, -0.05) is 67.6 Å². The van der Waals surface area contributed by atoms with Crippen LogP contribution in [0.4, 0.5) is 0 Å². The number of cyclic esters (lactones) is 1. The zero-order valence-corrected chi connectivity index (χ0v) is 12.4. The highest BCUT2D eigenvalue weighted by atomic mass is 16.6. The lowest BCUT2D eigenvalue weighted by atomic mass is 9.81. The van der Waals surface area contributed by atoms with E-state index in [4.69, 9.17) is 4.74 Å². The minimum absolute atomic E-state index is 0.130. The molecule has 112 valence electrons. The Morgan fingerprint density at radius 2 is 1.55 bits per heavy atom. The molecule has 3 atom stereocenters. The lowest BCUT2D eigenvalue weighted by Gasteiger charge is -2.18. The maximum atomic E-state index is 12.7. The van der Waals surface area contributed by atoms with Gasteiger partial charge in [0.05, 0.1) is 0 Å². The van der Waals surface area contributed by atoms with Crippen LogP contribution < -0.4 is 0 Å². The molecular formula is C19H18O3. The van der Waals surface area contributed by atoms with Gasteiger partial charge in [-0.3, -0.25) is 9.59 Å². The van der Waals surface area contributed by atoms with E-state index in [1.54, 1.807) is 0 Å². The van der Waals surface area contributed by atoms with Crippen molar-refractivity contribution < 1.29 is 14.3 Å². The summed E-state index contributed by atoms with van der Waals surface area (Å²) in [7, 11) is 0. The van der Waals surface area contributed by atoms with Gasteiger partial charge in [-0.2, -0.15) is 0 Å². The normalized spacial score (nSPS) is 22.4. The first-order valence-corrected chi connectivity index (χ1v) is 7.56. The van der Waals surface area contributed by atoms with E-state index in [0.717, 1.165) is 17.5 Å². The van der Waals surface area contributed by atoms with Gasteiger partial charge in [0.1, 0.15) is 5.92 Å². The molecule has 2 aromatic rings. The van der Waals surface area contributed by atoms with E-state index in [1.807, 2.05) is 67.6 Å². The van der Waals surface area contributed by atoms with Crippen LogP contribution >= 0.6 is 0 Å². The maximum absolute atomic E-state index is 12.7. The molecule has 0 saturated carbocycles. The lowest BCUT2D eigenvalue weighted by Crippen LogP contribution is -2.24. The van der Waals surface area contributed by atoms with Crippen LogP contribution in [-0.4, -0.2) is 11.8 Å². The monoisotopic (exact) mass is 294 g/mol. The van der Waals surface area contributed by atoms with Crippen molar-refractivity contribution in [3.05, 3.63) is 71.8 Å². The molecule has 0 amide bonds. The standard InChI is InChI=1S/C19H18O3/c1-2-15(13-9-5-3-6-10-13)16-17(20)18(22-19(16)21)14-11-7-4-8-12-14/h3-12,15-16,18H,2H2,1H3. The molecule has 22 heavy (non-hydrogen) atoms. The third-order valence-corrected chi connectivity index (χ3v) is 4.23. The van der Waals surface area contributed by atoms with Gasteiger partial charge < -0.3 is 4.74 Å². The topological polar surface area (TPSA) is 43.4 Å². The Balaban J connectivity index is 1.91. The van der Waals surface area contributed by atoms with Crippen molar-refractivity contribution in [2.45, 2.75) is 25.4 Å². The Labute approximate surface area is 129 Å². The van der Waals surface area contributed by atoms with E-state index in [2.05, 4.69) is 0 Å². The van der Waals surface area contributed by atoms with Crippen LogP contribution in [0.5, 0.6) is 0 Å². The van der Waals surface area contributed by atoms with E-state index in [-0.39, 0.29) is 11.7 Å². The largest absolute Gasteiger partial charge is 0.449 e. The molecule has 3 nitrogen and oxygen atoms in total. The van der Waals surface area contributed by atoms with Gasteiger partial charge in [0.2, 0.25) is 0 Å². The van der Waals surface area contributed by atoms with Gasteiger partial charge in [-0.15, -0.1) is 0 Å². The van der Waals surface area contributed by atoms with Gasteiger partial charge in [-0.05, 0) is 12.0 Å². The number of hydrogen-bond acceptors (Lipinski definition) is 3. The molecule has 3 unspecified atom stereocenters. The summed E-state index contributed by atoms with van der Waals surface area (Å²) in [4.78, 5) is 25.0. The van der Waals surface area contributed by atoms with E-state index >= 15 is 0 Å². The highest BCUT2D eigenvalue weighted by molar-refractivity contribution is 6.07. The lowest BCUT2D eigenvalue weighted by molar-refractivity contribution is -0.145. The second kappa shape index (κ2) is 6.14. The molecule has 1 aliphatic rings. The summed E-state index contributed by atoms with van der Waals surface area (Å²) in [6.45, 7) is 1.99. The predicted molar refractivity (Wildman–Crippen MR) is 83.2 cm³/mol. The summed E-state index contributed by atoms with van der Waals surface area (Å²) in [5.74, 6) is -1.38. The Bertz CT molecular complexity index is 664. The number of ketones is 1. The average molecular weight is 294 g/mol. The molecule has 0 aromatic heterocycles. The third kappa shape index (κ3) is 2.54. The number of Topliss-reactive ketones (excluding diaryl/α,β-unsaturated/α-hetero) is 1. The van der Waals surface area contributed by atoms with Crippen molar-refractivity contribution in [3.63, 3.8) is 0 Å². The van der Waals surface area contributed by atoms with E-state index in [0.29, 0.717) is 0 Å². The van der Waals surface area contributed by atoms with Crippen LogP contribution in [0.1, 0.15) is 36.5 Å². The number of esters is 1. The van der Waals surface area contributed by atoms with Crippen LogP contribution in [0.2, 0.25) is 0 Å². The number of hydrogen-bond donors (Lipinski definition) is 0. The van der Waals surface area contributed by atoms with Crippen molar-refractivity contribution in [3.8, 4) is 0 Å². The average Bonchev–Trinajstić information content (AvgIpc) is 2.86. The summed E-state index contributed by atoms with van der Waals surface area (Å²) in [6, 6.07) is 18.9. The molecule has 0 bridgehead atoms. The van der Waals surface area contributed by atoms with Gasteiger partial charge in [0.15, 0.2) is 11.9 Å². The van der Waals surface area contributed by atoms with Crippen molar-refractivity contribution >= 4 is 11.8 Å². The van der Waals surface area contributed by atoms with Gasteiger partial charge in [-0.25, -0.2) is 0 Å². The van der Waals surface area contributed by atoms with E-state index < -0.39 is 18.0 Å². The van der Waals surface area contributed by atoms with Crippen LogP contribution in [0.25, 0.3) is 0 Å². The molecule has 2 aromatic carbocycles. The second-order valence-corrected chi connectivity index (χ2v) is 5.53. The molecular weight excluding hydrogens is 276 g/mol. The Hall–Kier alpha value is -2.42. The van der Waals surface area contributed by atoms with Gasteiger partial charge in [0, 0.05) is 11.5 Å². The van der Waals surface area contributed by atoms with Crippen molar-refractivity contribution in [2.75, 3.05) is 0 Å². The van der Waals surface area contributed by atoms with Crippen molar-refractivity contribution in [1.29, 1.82) is 0 Å². The van der Waals surface area contributed by atoms with Crippen LogP contribution in [0.15, 0.2) is 60.7 Å². The first kappa shape index (κ1) is 14.5. The molecule has 0 N–H and O–H groups in total. The van der Waals surface area contributed by atoms with Crippen molar-refractivity contribution in [1.82, 2.24) is 0 Å². The highest BCUT2D eigenvalue weighted by Crippen LogP contribution is 2.39. The van der Waals surface area contributed by atoms with E-state index in [9.17, 15) is 9.59 Å². The minimum atomic E-state index is -0.767. The van der Waals surface area contributed by atoms with Crippen LogP contribution in [0.3, 0.4) is 0 Å². The van der Waals surface area contributed by atoms with Gasteiger partial charge >= 0.3 is 5.97 Å². The minimum Gasteiger partial charge on any atom is -0.449 e. The quantitative estimate of drug-likeness (QED) is 0.638. The maximum Gasteiger partial charge on any atom is 0.318 e. The number of carbonyl (C=O) groups is 2. The predicted octanol–water partition coefficient (Wildman–Crippen LogP) is 3.66. The first-order chi connectivity index (χ1) is 10.7. The Morgan fingerprint density at radius 3 is 2.14 bits per heavy atom. The summed E-state index contributed by atoms with van der Waals surface area (Å²) in [5, 5.41) is 0. The summed E-state index contributed by atoms with van der Waals surface area (Å²) in [6.07, 6.45) is -0.0479. The summed E-state index contributed by atoms with van der Waals surface area (Å²) < 4.78 is 5.39. The molecule has 0 spiro atoms. The smallest absolute Gasteiger partial charge is 0.318 e. The van der Waals surface area contributed by atoms with Crippen molar-refractivity contribution in [2.24, 2.45) is 5.92 Å². The Kier molecular flexibility index (Phi) is 4.05. The molecule has 0 radical (unpaired) electrons. The zero-order valence-electron chi connectivity index (χ0n) is 12.4. The Morgan fingerprint density at radius 1 is 0.955 bits per heavy atom. The molecule has 1 aliphatic heterocycles. The number of carbonyl (C=O) groups excluding carboxylic acids is 2.